The molecular weight excluding hydrogens is 252 g/mol. The molecule has 2 atom stereocenters. The van der Waals surface area contributed by atoms with Crippen molar-refractivity contribution >= 4 is 15.9 Å². The van der Waals surface area contributed by atoms with Crippen LogP contribution in [0.4, 0.5) is 0 Å². The van der Waals surface area contributed by atoms with Gasteiger partial charge in [-0.3, -0.25) is 0 Å². The highest BCUT2D eigenvalue weighted by Gasteiger charge is 2.16. The summed E-state index contributed by atoms with van der Waals surface area (Å²) in [6.07, 6.45) is 1.09. The summed E-state index contributed by atoms with van der Waals surface area (Å²) in [5.74, 6) is 0.490. The molecule has 0 fully saturated rings. The molecule has 84 valence electrons. The van der Waals surface area contributed by atoms with Gasteiger partial charge >= 0.3 is 0 Å². The highest BCUT2D eigenvalue weighted by atomic mass is 79.9. The van der Waals surface area contributed by atoms with Gasteiger partial charge in [0.2, 0.25) is 0 Å². The largest absolute Gasteiger partial charge is 0.324 e. The van der Waals surface area contributed by atoms with Gasteiger partial charge in [0.1, 0.15) is 0 Å². The Bertz CT molecular complexity index is 301. The first-order chi connectivity index (χ1) is 7.19. The lowest BCUT2D eigenvalue weighted by atomic mass is 9.91. The Morgan fingerprint density at radius 3 is 2.73 bits per heavy atom. The maximum Gasteiger partial charge on any atom is 0.0336 e. The number of hydrogen-bond donors (Lipinski definition) is 2. The van der Waals surface area contributed by atoms with Gasteiger partial charge in [0, 0.05) is 10.5 Å². The summed E-state index contributed by atoms with van der Waals surface area (Å²) in [5, 5.41) is 3.19. The average Bonchev–Trinajstić information content (AvgIpc) is 2.25. The average molecular weight is 271 g/mol. The van der Waals surface area contributed by atoms with E-state index in [0.717, 1.165) is 17.4 Å². The van der Waals surface area contributed by atoms with Crippen molar-refractivity contribution in [2.45, 2.75) is 19.4 Å². The summed E-state index contributed by atoms with van der Waals surface area (Å²) in [5.41, 5.74) is 7.44. The molecule has 0 radical (unpaired) electrons. The van der Waals surface area contributed by atoms with Gasteiger partial charge in [-0.25, -0.2) is 0 Å². The minimum Gasteiger partial charge on any atom is -0.324 e. The van der Waals surface area contributed by atoms with Crippen LogP contribution in [0.5, 0.6) is 0 Å². The SMILES string of the molecule is CCC(CNC)C(N)c1cccc(Br)c1. The fourth-order valence-electron chi connectivity index (χ4n) is 1.77. The molecule has 2 unspecified atom stereocenters. The molecule has 0 amide bonds. The molecule has 2 nitrogen and oxygen atoms in total. The van der Waals surface area contributed by atoms with Crippen molar-refractivity contribution in [2.24, 2.45) is 11.7 Å². The Labute approximate surface area is 100 Å². The van der Waals surface area contributed by atoms with Crippen molar-refractivity contribution in [1.29, 1.82) is 0 Å². The van der Waals surface area contributed by atoms with Gasteiger partial charge in [-0.15, -0.1) is 0 Å². The molecule has 0 saturated heterocycles. The second kappa shape index (κ2) is 6.26. The Morgan fingerprint density at radius 2 is 2.20 bits per heavy atom. The quantitative estimate of drug-likeness (QED) is 0.864. The minimum atomic E-state index is 0.111. The third kappa shape index (κ3) is 3.59. The van der Waals surface area contributed by atoms with E-state index < -0.39 is 0 Å². The minimum absolute atomic E-state index is 0.111. The van der Waals surface area contributed by atoms with Crippen LogP contribution in [0.15, 0.2) is 28.7 Å². The number of halogens is 1. The third-order valence-corrected chi connectivity index (χ3v) is 3.23. The van der Waals surface area contributed by atoms with E-state index >= 15 is 0 Å². The molecule has 15 heavy (non-hydrogen) atoms. The summed E-state index contributed by atoms with van der Waals surface area (Å²) in [4.78, 5) is 0. The zero-order valence-electron chi connectivity index (χ0n) is 9.33. The van der Waals surface area contributed by atoms with Crippen molar-refractivity contribution in [3.05, 3.63) is 34.3 Å². The predicted octanol–water partition coefficient (Wildman–Crippen LogP) is 2.69. The van der Waals surface area contributed by atoms with Crippen LogP contribution >= 0.6 is 15.9 Å². The summed E-state index contributed by atoms with van der Waals surface area (Å²) in [6.45, 7) is 3.14. The van der Waals surface area contributed by atoms with Gasteiger partial charge in [-0.05, 0) is 37.2 Å². The second-order valence-electron chi connectivity index (χ2n) is 3.81. The van der Waals surface area contributed by atoms with Crippen LogP contribution in [0.2, 0.25) is 0 Å². The van der Waals surface area contributed by atoms with E-state index in [1.807, 2.05) is 19.2 Å². The normalized spacial score (nSPS) is 14.9. The van der Waals surface area contributed by atoms with Crippen LogP contribution in [0.1, 0.15) is 24.9 Å². The highest BCUT2D eigenvalue weighted by molar-refractivity contribution is 9.10. The van der Waals surface area contributed by atoms with Gasteiger partial charge in [0.15, 0.2) is 0 Å². The molecule has 1 aromatic carbocycles. The summed E-state index contributed by atoms with van der Waals surface area (Å²) < 4.78 is 1.09. The molecule has 3 N–H and O–H groups in total. The number of nitrogens with one attached hydrogen (secondary N) is 1. The van der Waals surface area contributed by atoms with Gasteiger partial charge in [-0.1, -0.05) is 41.4 Å². The van der Waals surface area contributed by atoms with Crippen LogP contribution in [0, 0.1) is 5.92 Å². The van der Waals surface area contributed by atoms with Crippen LogP contribution in [-0.4, -0.2) is 13.6 Å². The van der Waals surface area contributed by atoms with E-state index in [0.29, 0.717) is 5.92 Å². The van der Waals surface area contributed by atoms with Gasteiger partial charge in [0.25, 0.3) is 0 Å². The first-order valence-corrected chi connectivity index (χ1v) is 6.14. The smallest absolute Gasteiger partial charge is 0.0336 e. The van der Waals surface area contributed by atoms with Crippen molar-refractivity contribution in [3.8, 4) is 0 Å². The van der Waals surface area contributed by atoms with Crippen LogP contribution in [0.25, 0.3) is 0 Å². The van der Waals surface area contributed by atoms with Gasteiger partial charge in [-0.2, -0.15) is 0 Å². The highest BCUT2D eigenvalue weighted by Crippen LogP contribution is 2.24. The molecule has 0 aliphatic carbocycles. The van der Waals surface area contributed by atoms with Gasteiger partial charge < -0.3 is 11.1 Å². The van der Waals surface area contributed by atoms with E-state index in [1.165, 1.54) is 5.56 Å². The molecule has 3 heteroatoms. The monoisotopic (exact) mass is 270 g/mol. The second-order valence-corrected chi connectivity index (χ2v) is 4.72. The van der Waals surface area contributed by atoms with Crippen molar-refractivity contribution < 1.29 is 0 Å². The standard InChI is InChI=1S/C12H19BrN2/c1-3-9(8-15-2)12(14)10-5-4-6-11(13)7-10/h4-7,9,12,15H,3,8,14H2,1-2H3. The zero-order valence-corrected chi connectivity index (χ0v) is 10.9. The first-order valence-electron chi connectivity index (χ1n) is 5.34. The van der Waals surface area contributed by atoms with E-state index in [1.54, 1.807) is 0 Å². The Hall–Kier alpha value is -0.380. The first kappa shape index (κ1) is 12.7. The third-order valence-electron chi connectivity index (χ3n) is 2.73. The van der Waals surface area contributed by atoms with Crippen molar-refractivity contribution in [2.75, 3.05) is 13.6 Å². The number of rotatable bonds is 5. The fraction of sp³-hybridized carbons (Fsp3) is 0.500. The van der Waals surface area contributed by atoms with E-state index in [9.17, 15) is 0 Å². The van der Waals surface area contributed by atoms with Crippen molar-refractivity contribution in [1.82, 2.24) is 5.32 Å². The lowest BCUT2D eigenvalue weighted by Gasteiger charge is -2.22. The molecule has 0 spiro atoms. The topological polar surface area (TPSA) is 38.0 Å². The van der Waals surface area contributed by atoms with E-state index in [2.05, 4.69) is 40.3 Å². The molecule has 0 aliphatic rings. The molecule has 1 aromatic rings. The number of nitrogens with two attached hydrogens (primary N) is 1. The molecule has 0 heterocycles. The lowest BCUT2D eigenvalue weighted by molar-refractivity contribution is 0.403. The van der Waals surface area contributed by atoms with Crippen LogP contribution < -0.4 is 11.1 Å². The Kier molecular flexibility index (Phi) is 5.29. The van der Waals surface area contributed by atoms with E-state index in [-0.39, 0.29) is 6.04 Å². The Morgan fingerprint density at radius 1 is 1.47 bits per heavy atom. The number of benzene rings is 1. The predicted molar refractivity (Wildman–Crippen MR) is 68.8 cm³/mol. The summed E-state index contributed by atoms with van der Waals surface area (Å²) in [6, 6.07) is 8.36. The lowest BCUT2D eigenvalue weighted by Crippen LogP contribution is -2.29. The molecule has 1 rings (SSSR count). The molecule has 0 aromatic heterocycles. The maximum atomic E-state index is 6.24. The number of hydrogen-bond acceptors (Lipinski definition) is 2. The molecular formula is C12H19BrN2. The summed E-state index contributed by atoms with van der Waals surface area (Å²) in [7, 11) is 1.97. The Balaban J connectivity index is 2.77. The van der Waals surface area contributed by atoms with E-state index in [4.69, 9.17) is 5.73 Å². The maximum absolute atomic E-state index is 6.24. The summed E-state index contributed by atoms with van der Waals surface area (Å²) >= 11 is 3.47. The van der Waals surface area contributed by atoms with Crippen LogP contribution in [0.3, 0.4) is 0 Å². The van der Waals surface area contributed by atoms with Crippen LogP contribution in [-0.2, 0) is 0 Å². The molecule has 0 aliphatic heterocycles. The fourth-order valence-corrected chi connectivity index (χ4v) is 2.19. The molecule has 0 saturated carbocycles. The molecule has 0 bridgehead atoms. The van der Waals surface area contributed by atoms with Crippen molar-refractivity contribution in [3.63, 3.8) is 0 Å². The van der Waals surface area contributed by atoms with Gasteiger partial charge in [0.05, 0.1) is 0 Å². The zero-order chi connectivity index (χ0) is 11.3.